The summed E-state index contributed by atoms with van der Waals surface area (Å²) in [5.74, 6) is 1.63. The summed E-state index contributed by atoms with van der Waals surface area (Å²) in [6, 6.07) is 6.00. The monoisotopic (exact) mass is 232 g/mol. The van der Waals surface area contributed by atoms with Crippen LogP contribution in [0.1, 0.15) is 24.8 Å². The van der Waals surface area contributed by atoms with Gasteiger partial charge in [-0.15, -0.1) is 0 Å². The van der Waals surface area contributed by atoms with Crippen molar-refractivity contribution in [2.45, 2.75) is 25.4 Å². The maximum absolute atomic E-state index is 9.65. The van der Waals surface area contributed by atoms with Gasteiger partial charge in [-0.25, -0.2) is 0 Å². The Morgan fingerprint density at radius 3 is 2.76 bits per heavy atom. The van der Waals surface area contributed by atoms with Gasteiger partial charge in [-0.3, -0.25) is 0 Å². The lowest BCUT2D eigenvalue weighted by Crippen LogP contribution is -2.15. The summed E-state index contributed by atoms with van der Waals surface area (Å²) in [5, 5.41) is 9.65. The third-order valence-electron chi connectivity index (χ3n) is 3.25. The predicted molar refractivity (Wildman–Crippen MR) is 65.3 cm³/mol. The molecule has 3 nitrogen and oxygen atoms in total. The van der Waals surface area contributed by atoms with Crippen molar-refractivity contribution >= 4 is 5.57 Å². The van der Waals surface area contributed by atoms with Gasteiger partial charge in [0.1, 0.15) is 13.2 Å². The average Bonchev–Trinajstić information content (AvgIpc) is 2.38. The van der Waals surface area contributed by atoms with Crippen molar-refractivity contribution in [2.24, 2.45) is 0 Å². The van der Waals surface area contributed by atoms with Crippen molar-refractivity contribution in [3.8, 4) is 11.5 Å². The van der Waals surface area contributed by atoms with Crippen molar-refractivity contribution in [3.63, 3.8) is 0 Å². The van der Waals surface area contributed by atoms with Gasteiger partial charge in [-0.2, -0.15) is 0 Å². The lowest BCUT2D eigenvalue weighted by molar-refractivity contribution is 0.171. The van der Waals surface area contributed by atoms with E-state index in [1.54, 1.807) is 0 Å². The first kappa shape index (κ1) is 10.7. The Kier molecular flexibility index (Phi) is 2.77. The fourth-order valence-electron chi connectivity index (χ4n) is 2.38. The summed E-state index contributed by atoms with van der Waals surface area (Å²) < 4.78 is 11.1. The lowest BCUT2D eigenvalue weighted by atomic mass is 9.92. The number of hydrogen-bond donors (Lipinski definition) is 1. The molecule has 2 aliphatic rings. The van der Waals surface area contributed by atoms with E-state index in [1.807, 2.05) is 24.3 Å². The van der Waals surface area contributed by atoms with Crippen LogP contribution in [0.3, 0.4) is 0 Å². The van der Waals surface area contributed by atoms with E-state index in [0.717, 1.165) is 36.3 Å². The molecule has 1 aromatic carbocycles. The zero-order valence-corrected chi connectivity index (χ0v) is 9.69. The Balaban J connectivity index is 1.93. The van der Waals surface area contributed by atoms with E-state index in [2.05, 4.69) is 0 Å². The molecular formula is C14H16O3. The molecule has 1 aliphatic carbocycles. The van der Waals surface area contributed by atoms with Crippen LogP contribution >= 0.6 is 0 Å². The molecule has 0 aromatic heterocycles. The molecule has 1 aliphatic heterocycles. The number of allylic oxidation sites excluding steroid dienone is 1. The Hall–Kier alpha value is -1.48. The molecule has 3 rings (SSSR count). The van der Waals surface area contributed by atoms with E-state index in [9.17, 15) is 5.11 Å². The molecule has 1 aromatic rings. The van der Waals surface area contributed by atoms with E-state index in [1.165, 1.54) is 5.57 Å². The standard InChI is InChI=1S/C14H16O3/c15-12-3-1-2-10(8-12)11-4-5-13-14(9-11)17-7-6-16-13/h4-5,8-9,12,15H,1-3,6-7H2. The number of benzene rings is 1. The average molecular weight is 232 g/mol. The summed E-state index contributed by atoms with van der Waals surface area (Å²) >= 11 is 0. The second kappa shape index (κ2) is 4.41. The van der Waals surface area contributed by atoms with Gasteiger partial charge >= 0.3 is 0 Å². The van der Waals surface area contributed by atoms with Gasteiger partial charge in [0.25, 0.3) is 0 Å². The van der Waals surface area contributed by atoms with Crippen LogP contribution in [0.25, 0.3) is 5.57 Å². The van der Waals surface area contributed by atoms with Crippen LogP contribution < -0.4 is 9.47 Å². The zero-order valence-electron chi connectivity index (χ0n) is 9.69. The minimum atomic E-state index is -0.299. The van der Waals surface area contributed by atoms with Gasteiger partial charge in [0.05, 0.1) is 6.10 Å². The van der Waals surface area contributed by atoms with Gasteiger partial charge in [-0.1, -0.05) is 12.1 Å². The smallest absolute Gasteiger partial charge is 0.161 e. The number of rotatable bonds is 1. The highest BCUT2D eigenvalue weighted by atomic mass is 16.6. The Morgan fingerprint density at radius 2 is 1.94 bits per heavy atom. The van der Waals surface area contributed by atoms with Gasteiger partial charge in [0.15, 0.2) is 11.5 Å². The molecule has 90 valence electrons. The molecule has 1 unspecified atom stereocenters. The van der Waals surface area contributed by atoms with E-state index >= 15 is 0 Å². The molecule has 0 bridgehead atoms. The Morgan fingerprint density at radius 1 is 1.12 bits per heavy atom. The molecule has 0 saturated carbocycles. The first-order valence-electron chi connectivity index (χ1n) is 6.12. The summed E-state index contributed by atoms with van der Waals surface area (Å²) in [6.07, 6.45) is 4.59. The van der Waals surface area contributed by atoms with Gasteiger partial charge in [-0.05, 0) is 42.5 Å². The first-order valence-corrected chi connectivity index (χ1v) is 6.12. The Bertz CT molecular complexity index is 451. The number of fused-ring (bicyclic) bond motifs is 1. The summed E-state index contributed by atoms with van der Waals surface area (Å²) in [7, 11) is 0. The summed E-state index contributed by atoms with van der Waals surface area (Å²) in [6.45, 7) is 1.23. The molecule has 0 saturated heterocycles. The molecule has 0 amide bonds. The van der Waals surface area contributed by atoms with Crippen molar-refractivity contribution in [1.29, 1.82) is 0 Å². The molecule has 0 radical (unpaired) electrons. The lowest BCUT2D eigenvalue weighted by Gasteiger charge is -2.21. The first-order chi connectivity index (χ1) is 8.33. The molecule has 0 fully saturated rings. The zero-order chi connectivity index (χ0) is 11.7. The van der Waals surface area contributed by atoms with E-state index in [4.69, 9.17) is 9.47 Å². The van der Waals surface area contributed by atoms with E-state index in [0.29, 0.717) is 13.2 Å². The van der Waals surface area contributed by atoms with Crippen molar-refractivity contribution in [2.75, 3.05) is 13.2 Å². The van der Waals surface area contributed by atoms with E-state index in [-0.39, 0.29) is 6.10 Å². The second-order valence-corrected chi connectivity index (χ2v) is 4.51. The molecule has 1 N–H and O–H groups in total. The molecule has 0 spiro atoms. The summed E-state index contributed by atoms with van der Waals surface area (Å²) in [5.41, 5.74) is 2.34. The highest BCUT2D eigenvalue weighted by Gasteiger charge is 2.16. The second-order valence-electron chi connectivity index (χ2n) is 4.51. The molecule has 1 atom stereocenters. The van der Waals surface area contributed by atoms with Crippen molar-refractivity contribution in [1.82, 2.24) is 0 Å². The van der Waals surface area contributed by atoms with Gasteiger partial charge < -0.3 is 14.6 Å². The maximum atomic E-state index is 9.65. The molecule has 3 heteroatoms. The minimum Gasteiger partial charge on any atom is -0.486 e. The minimum absolute atomic E-state index is 0.299. The highest BCUT2D eigenvalue weighted by Crippen LogP contribution is 2.35. The van der Waals surface area contributed by atoms with E-state index < -0.39 is 0 Å². The van der Waals surface area contributed by atoms with Crippen LogP contribution in [0, 0.1) is 0 Å². The van der Waals surface area contributed by atoms with Crippen LogP contribution in [0.15, 0.2) is 24.3 Å². The molecule has 1 heterocycles. The van der Waals surface area contributed by atoms with Crippen LogP contribution in [0.2, 0.25) is 0 Å². The maximum Gasteiger partial charge on any atom is 0.161 e. The fourth-order valence-corrected chi connectivity index (χ4v) is 2.38. The SMILES string of the molecule is OC1C=C(c2ccc3c(c2)OCCO3)CCC1. The van der Waals surface area contributed by atoms with Crippen LogP contribution in [0.5, 0.6) is 11.5 Å². The van der Waals surface area contributed by atoms with Crippen molar-refractivity contribution < 1.29 is 14.6 Å². The molecule has 17 heavy (non-hydrogen) atoms. The number of aliphatic hydroxyl groups is 1. The third kappa shape index (κ3) is 2.15. The topological polar surface area (TPSA) is 38.7 Å². The highest BCUT2D eigenvalue weighted by molar-refractivity contribution is 5.69. The fraction of sp³-hybridized carbons (Fsp3) is 0.429. The quantitative estimate of drug-likeness (QED) is 0.808. The number of hydrogen-bond acceptors (Lipinski definition) is 3. The third-order valence-corrected chi connectivity index (χ3v) is 3.25. The van der Waals surface area contributed by atoms with Gasteiger partial charge in [0, 0.05) is 0 Å². The molecular weight excluding hydrogens is 216 g/mol. The summed E-state index contributed by atoms with van der Waals surface area (Å²) in [4.78, 5) is 0. The van der Waals surface area contributed by atoms with Crippen LogP contribution in [-0.2, 0) is 0 Å². The number of aliphatic hydroxyl groups excluding tert-OH is 1. The van der Waals surface area contributed by atoms with Crippen LogP contribution in [-0.4, -0.2) is 24.4 Å². The van der Waals surface area contributed by atoms with Crippen molar-refractivity contribution in [3.05, 3.63) is 29.8 Å². The number of ether oxygens (including phenoxy) is 2. The Labute approximate surface area is 101 Å². The van der Waals surface area contributed by atoms with Crippen LogP contribution in [0.4, 0.5) is 0 Å². The van der Waals surface area contributed by atoms with Gasteiger partial charge in [0.2, 0.25) is 0 Å². The predicted octanol–water partition coefficient (Wildman–Crippen LogP) is 2.39. The largest absolute Gasteiger partial charge is 0.486 e. The normalized spacial score (nSPS) is 23.1.